The van der Waals surface area contributed by atoms with E-state index in [2.05, 4.69) is 0 Å². The molecule has 0 unspecified atom stereocenters. The number of nitriles is 1. The Bertz CT molecular complexity index is 512. The van der Waals surface area contributed by atoms with Gasteiger partial charge in [0.15, 0.2) is 0 Å². The van der Waals surface area contributed by atoms with Gasteiger partial charge in [-0.05, 0) is 31.5 Å². The van der Waals surface area contributed by atoms with Crippen molar-refractivity contribution in [1.82, 2.24) is 4.31 Å². The Labute approximate surface area is 103 Å². The molecule has 5 heteroatoms. The first-order chi connectivity index (χ1) is 7.86. The van der Waals surface area contributed by atoms with Gasteiger partial charge in [0.2, 0.25) is 10.0 Å². The molecule has 0 saturated carbocycles. The molecule has 0 aliphatic heterocycles. The van der Waals surface area contributed by atoms with Gasteiger partial charge in [-0.2, -0.15) is 5.26 Å². The van der Waals surface area contributed by atoms with Crippen LogP contribution >= 0.6 is 0 Å². The lowest BCUT2D eigenvalue weighted by atomic mass is 10.2. The lowest BCUT2D eigenvalue weighted by molar-refractivity contribution is 0.410. The number of nitrogens with zero attached hydrogens (tertiary/aromatic N) is 2. The summed E-state index contributed by atoms with van der Waals surface area (Å²) >= 11 is 0. The normalized spacial score (nSPS) is 11.8. The van der Waals surface area contributed by atoms with E-state index in [-0.39, 0.29) is 11.8 Å². The molecule has 1 aromatic rings. The molecule has 0 aliphatic rings. The molecular weight excluding hydrogens is 236 g/mol. The predicted octanol–water partition coefficient (Wildman–Crippen LogP) is 1.73. The highest BCUT2D eigenvalue weighted by molar-refractivity contribution is 7.88. The third kappa shape index (κ3) is 3.55. The molecule has 0 saturated heterocycles. The molecule has 0 aliphatic carbocycles. The molecule has 92 valence electrons. The second-order valence-corrected chi connectivity index (χ2v) is 6.20. The third-order valence-electron chi connectivity index (χ3n) is 2.60. The molecule has 0 heterocycles. The Balaban J connectivity index is 2.87. The maximum atomic E-state index is 12.0. The second kappa shape index (κ2) is 5.30. The van der Waals surface area contributed by atoms with Gasteiger partial charge >= 0.3 is 0 Å². The van der Waals surface area contributed by atoms with E-state index in [0.29, 0.717) is 11.1 Å². The number of hydrogen-bond donors (Lipinski definition) is 0. The molecule has 0 bridgehead atoms. The highest BCUT2D eigenvalue weighted by Crippen LogP contribution is 2.12. The number of rotatable bonds is 4. The topological polar surface area (TPSA) is 61.2 Å². The molecule has 0 aromatic heterocycles. The molecule has 0 radical (unpaired) electrons. The van der Waals surface area contributed by atoms with Crippen molar-refractivity contribution >= 4 is 10.0 Å². The number of benzene rings is 1. The standard InChI is InChI=1S/C12H16N2O2S/c1-10(2)14(3)17(15,16)9-12-6-4-11(8-13)5-7-12/h4-7,10H,9H2,1-3H3. The van der Waals surface area contributed by atoms with Crippen molar-refractivity contribution in [2.75, 3.05) is 7.05 Å². The monoisotopic (exact) mass is 252 g/mol. The smallest absolute Gasteiger partial charge is 0.212 e. The maximum absolute atomic E-state index is 12.0. The van der Waals surface area contributed by atoms with Crippen LogP contribution in [0.5, 0.6) is 0 Å². The van der Waals surface area contributed by atoms with Crippen LogP contribution in [0.3, 0.4) is 0 Å². The van der Waals surface area contributed by atoms with Crippen LogP contribution in [0, 0.1) is 11.3 Å². The molecule has 4 nitrogen and oxygen atoms in total. The van der Waals surface area contributed by atoms with Gasteiger partial charge in [0.25, 0.3) is 0 Å². The van der Waals surface area contributed by atoms with Crippen LogP contribution in [0.15, 0.2) is 24.3 Å². The largest absolute Gasteiger partial charge is 0.218 e. The van der Waals surface area contributed by atoms with E-state index in [1.165, 1.54) is 4.31 Å². The summed E-state index contributed by atoms with van der Waals surface area (Å²) in [7, 11) is -1.71. The lowest BCUT2D eigenvalue weighted by Gasteiger charge is -2.20. The molecule has 0 fully saturated rings. The Morgan fingerprint density at radius 1 is 1.29 bits per heavy atom. The van der Waals surface area contributed by atoms with Crippen molar-refractivity contribution in [2.45, 2.75) is 25.6 Å². The van der Waals surface area contributed by atoms with Gasteiger partial charge in [0.1, 0.15) is 0 Å². The second-order valence-electron chi connectivity index (χ2n) is 4.17. The van der Waals surface area contributed by atoms with Crippen molar-refractivity contribution in [3.8, 4) is 6.07 Å². The van der Waals surface area contributed by atoms with Crippen LogP contribution in [-0.4, -0.2) is 25.8 Å². The summed E-state index contributed by atoms with van der Waals surface area (Å²) < 4.78 is 25.3. The van der Waals surface area contributed by atoms with Gasteiger partial charge in [0.05, 0.1) is 17.4 Å². The van der Waals surface area contributed by atoms with E-state index < -0.39 is 10.0 Å². The SMILES string of the molecule is CC(C)N(C)S(=O)(=O)Cc1ccc(C#N)cc1. The molecule has 0 N–H and O–H groups in total. The average Bonchev–Trinajstić information content (AvgIpc) is 2.28. The summed E-state index contributed by atoms with van der Waals surface area (Å²) in [5.41, 5.74) is 1.22. The van der Waals surface area contributed by atoms with Gasteiger partial charge < -0.3 is 0 Å². The van der Waals surface area contributed by atoms with Crippen LogP contribution in [0.2, 0.25) is 0 Å². The van der Waals surface area contributed by atoms with E-state index in [4.69, 9.17) is 5.26 Å². The molecule has 17 heavy (non-hydrogen) atoms. The maximum Gasteiger partial charge on any atom is 0.218 e. The van der Waals surface area contributed by atoms with Crippen LogP contribution in [0.25, 0.3) is 0 Å². The first-order valence-electron chi connectivity index (χ1n) is 5.31. The molecule has 0 amide bonds. The fourth-order valence-electron chi connectivity index (χ4n) is 1.31. The van der Waals surface area contributed by atoms with Crippen LogP contribution in [-0.2, 0) is 15.8 Å². The van der Waals surface area contributed by atoms with Crippen molar-refractivity contribution in [3.05, 3.63) is 35.4 Å². The Morgan fingerprint density at radius 2 is 1.82 bits per heavy atom. The van der Waals surface area contributed by atoms with Crippen molar-refractivity contribution in [3.63, 3.8) is 0 Å². The lowest BCUT2D eigenvalue weighted by Crippen LogP contribution is -2.33. The molecule has 0 spiro atoms. The first kappa shape index (κ1) is 13.7. The summed E-state index contributed by atoms with van der Waals surface area (Å²) in [6.45, 7) is 3.66. The highest BCUT2D eigenvalue weighted by Gasteiger charge is 2.20. The quantitative estimate of drug-likeness (QED) is 0.819. The molecule has 1 aromatic carbocycles. The Hall–Kier alpha value is -1.38. The van der Waals surface area contributed by atoms with Crippen molar-refractivity contribution in [1.29, 1.82) is 5.26 Å². The summed E-state index contributed by atoms with van der Waals surface area (Å²) in [4.78, 5) is 0. The van der Waals surface area contributed by atoms with Gasteiger partial charge in [-0.25, -0.2) is 12.7 Å². The summed E-state index contributed by atoms with van der Waals surface area (Å²) in [6.07, 6.45) is 0. The minimum absolute atomic E-state index is 0.0343. The van der Waals surface area contributed by atoms with E-state index in [1.54, 1.807) is 31.3 Å². The van der Waals surface area contributed by atoms with E-state index in [1.807, 2.05) is 19.9 Å². The zero-order valence-electron chi connectivity index (χ0n) is 10.2. The van der Waals surface area contributed by atoms with Crippen molar-refractivity contribution in [2.24, 2.45) is 0 Å². The molecule has 0 atom stereocenters. The van der Waals surface area contributed by atoms with Crippen LogP contribution < -0.4 is 0 Å². The van der Waals surface area contributed by atoms with E-state index >= 15 is 0 Å². The Kier molecular flexibility index (Phi) is 4.27. The molecular formula is C12H16N2O2S. The number of hydrogen-bond acceptors (Lipinski definition) is 3. The zero-order chi connectivity index (χ0) is 13.1. The fourth-order valence-corrected chi connectivity index (χ4v) is 2.77. The van der Waals surface area contributed by atoms with Gasteiger partial charge in [0, 0.05) is 13.1 Å². The first-order valence-corrected chi connectivity index (χ1v) is 6.92. The average molecular weight is 252 g/mol. The Morgan fingerprint density at radius 3 is 2.24 bits per heavy atom. The highest BCUT2D eigenvalue weighted by atomic mass is 32.2. The summed E-state index contributed by atoms with van der Waals surface area (Å²) in [5.74, 6) is -0.0343. The van der Waals surface area contributed by atoms with E-state index in [0.717, 1.165) is 0 Å². The van der Waals surface area contributed by atoms with E-state index in [9.17, 15) is 8.42 Å². The van der Waals surface area contributed by atoms with Crippen LogP contribution in [0.4, 0.5) is 0 Å². The van der Waals surface area contributed by atoms with Gasteiger partial charge in [-0.3, -0.25) is 0 Å². The van der Waals surface area contributed by atoms with Crippen molar-refractivity contribution < 1.29 is 8.42 Å². The fraction of sp³-hybridized carbons (Fsp3) is 0.417. The molecule has 1 rings (SSSR count). The zero-order valence-corrected chi connectivity index (χ0v) is 11.0. The van der Waals surface area contributed by atoms with Crippen LogP contribution in [0.1, 0.15) is 25.0 Å². The minimum atomic E-state index is -3.28. The summed E-state index contributed by atoms with van der Waals surface area (Å²) in [6, 6.07) is 8.53. The third-order valence-corrected chi connectivity index (χ3v) is 4.60. The number of sulfonamides is 1. The van der Waals surface area contributed by atoms with Gasteiger partial charge in [-0.15, -0.1) is 0 Å². The predicted molar refractivity (Wildman–Crippen MR) is 66.7 cm³/mol. The summed E-state index contributed by atoms with van der Waals surface area (Å²) in [5, 5.41) is 8.65. The minimum Gasteiger partial charge on any atom is -0.212 e. The van der Waals surface area contributed by atoms with Gasteiger partial charge in [-0.1, -0.05) is 12.1 Å².